The fourth-order valence-corrected chi connectivity index (χ4v) is 5.65. The van der Waals surface area contributed by atoms with Crippen LogP contribution in [0.5, 0.6) is 28.7 Å². The molecule has 0 spiro atoms. The Morgan fingerprint density at radius 1 is 0.900 bits per heavy atom. The lowest BCUT2D eigenvalue weighted by atomic mass is 9.67. The molecule has 30 heavy (non-hydrogen) atoms. The van der Waals surface area contributed by atoms with E-state index >= 15 is 0 Å². The van der Waals surface area contributed by atoms with Gasteiger partial charge in [-0.3, -0.25) is 4.79 Å². The first-order valence-corrected chi connectivity index (χ1v) is 10.5. The highest BCUT2D eigenvalue weighted by molar-refractivity contribution is 9.09. The molecule has 1 aliphatic carbocycles. The van der Waals surface area contributed by atoms with Gasteiger partial charge in [0.05, 0.1) is 33.9 Å². The maximum absolute atomic E-state index is 12.8. The molecule has 0 aromatic heterocycles. The Morgan fingerprint density at radius 3 is 2.13 bits per heavy atom. The predicted molar refractivity (Wildman–Crippen MR) is 110 cm³/mol. The van der Waals surface area contributed by atoms with Crippen LogP contribution in [0.4, 0.5) is 0 Å². The van der Waals surface area contributed by atoms with E-state index in [1.54, 1.807) is 21.3 Å². The Balaban J connectivity index is 1.74. The highest BCUT2D eigenvalue weighted by atomic mass is 79.9. The topological polar surface area (TPSA) is 72.5 Å². The number of ether oxygens (including phenoxy) is 6. The largest absolute Gasteiger partial charge is 0.493 e. The van der Waals surface area contributed by atoms with Gasteiger partial charge in [0.25, 0.3) is 0 Å². The standard InChI is InChI=1S/C22H21BrO7/c1-25-16-4-10(5-17(26-2)21(16)27-3)18-11-6-14-15(30-9-29-14)7-12(11)20(23)13-8-28-22(24)19(13)18/h4-7,13,18-20H,8-9H2,1-3H3/t13-,18?,19-,20+/m0/s1. The summed E-state index contributed by atoms with van der Waals surface area (Å²) in [6.45, 7) is 0.559. The van der Waals surface area contributed by atoms with E-state index in [9.17, 15) is 4.79 Å². The van der Waals surface area contributed by atoms with Crippen LogP contribution in [0.1, 0.15) is 27.4 Å². The second kappa shape index (κ2) is 7.27. The molecule has 4 atom stereocenters. The zero-order valence-electron chi connectivity index (χ0n) is 16.8. The summed E-state index contributed by atoms with van der Waals surface area (Å²) >= 11 is 3.81. The van der Waals surface area contributed by atoms with Gasteiger partial charge in [-0.2, -0.15) is 0 Å². The van der Waals surface area contributed by atoms with Gasteiger partial charge in [0, 0.05) is 16.7 Å². The van der Waals surface area contributed by atoms with Crippen molar-refractivity contribution in [3.63, 3.8) is 0 Å². The highest BCUT2D eigenvalue weighted by Gasteiger charge is 2.52. The number of hydrogen-bond donors (Lipinski definition) is 0. The van der Waals surface area contributed by atoms with Crippen molar-refractivity contribution >= 4 is 21.9 Å². The summed E-state index contributed by atoms with van der Waals surface area (Å²) in [5, 5.41) is 0. The summed E-state index contributed by atoms with van der Waals surface area (Å²) in [4.78, 5) is 12.8. The molecular formula is C22H21BrO7. The zero-order valence-corrected chi connectivity index (χ0v) is 18.4. The molecule has 0 bridgehead atoms. The molecule has 158 valence electrons. The van der Waals surface area contributed by atoms with E-state index in [0.29, 0.717) is 35.4 Å². The molecule has 1 unspecified atom stereocenters. The van der Waals surface area contributed by atoms with Gasteiger partial charge in [-0.25, -0.2) is 0 Å². The summed E-state index contributed by atoms with van der Waals surface area (Å²) in [6.07, 6.45) is 0. The number of carbonyl (C=O) groups excluding carboxylic acids is 1. The third-order valence-electron chi connectivity index (χ3n) is 6.14. The Kier molecular flexibility index (Phi) is 4.69. The quantitative estimate of drug-likeness (QED) is 0.490. The van der Waals surface area contributed by atoms with Crippen molar-refractivity contribution in [2.45, 2.75) is 10.7 Å². The van der Waals surface area contributed by atoms with Crippen LogP contribution in [-0.2, 0) is 9.53 Å². The molecule has 0 N–H and O–H groups in total. The number of halogens is 1. The second-order valence-corrected chi connectivity index (χ2v) is 8.48. The van der Waals surface area contributed by atoms with E-state index < -0.39 is 0 Å². The lowest BCUT2D eigenvalue weighted by Gasteiger charge is -2.37. The van der Waals surface area contributed by atoms with E-state index in [1.165, 1.54) is 0 Å². The van der Waals surface area contributed by atoms with Crippen molar-refractivity contribution in [3.05, 3.63) is 41.0 Å². The Morgan fingerprint density at radius 2 is 1.53 bits per heavy atom. The van der Waals surface area contributed by atoms with Gasteiger partial charge >= 0.3 is 5.97 Å². The summed E-state index contributed by atoms with van der Waals surface area (Å²) in [7, 11) is 4.72. The molecule has 1 fully saturated rings. The van der Waals surface area contributed by atoms with Crippen molar-refractivity contribution in [3.8, 4) is 28.7 Å². The van der Waals surface area contributed by atoms with Crippen LogP contribution in [0.3, 0.4) is 0 Å². The van der Waals surface area contributed by atoms with Gasteiger partial charge in [-0.15, -0.1) is 0 Å². The van der Waals surface area contributed by atoms with E-state index in [1.807, 2.05) is 24.3 Å². The predicted octanol–water partition coefficient (Wildman–Crippen LogP) is 3.81. The first kappa shape index (κ1) is 19.4. The van der Waals surface area contributed by atoms with Gasteiger partial charge in [-0.1, -0.05) is 15.9 Å². The third-order valence-corrected chi connectivity index (χ3v) is 7.32. The lowest BCUT2D eigenvalue weighted by molar-refractivity contribution is -0.141. The maximum Gasteiger partial charge on any atom is 0.310 e. The van der Waals surface area contributed by atoms with Crippen molar-refractivity contribution < 1.29 is 33.2 Å². The van der Waals surface area contributed by atoms with Crippen LogP contribution in [0, 0.1) is 11.8 Å². The van der Waals surface area contributed by atoms with Crippen LogP contribution in [-0.4, -0.2) is 40.7 Å². The minimum Gasteiger partial charge on any atom is -0.493 e. The van der Waals surface area contributed by atoms with E-state index in [4.69, 9.17) is 28.4 Å². The number of carbonyl (C=O) groups is 1. The van der Waals surface area contributed by atoms with Crippen LogP contribution in [0.2, 0.25) is 0 Å². The molecule has 0 radical (unpaired) electrons. The zero-order chi connectivity index (χ0) is 21.0. The number of rotatable bonds is 4. The molecule has 1 saturated heterocycles. The van der Waals surface area contributed by atoms with Gasteiger partial charge in [0.2, 0.25) is 12.5 Å². The Hall–Kier alpha value is -2.61. The molecule has 2 heterocycles. The van der Waals surface area contributed by atoms with E-state index in [2.05, 4.69) is 15.9 Å². The first-order valence-electron chi connectivity index (χ1n) is 9.61. The van der Waals surface area contributed by atoms with E-state index in [-0.39, 0.29) is 35.3 Å². The lowest BCUT2D eigenvalue weighted by Crippen LogP contribution is -2.32. The number of hydrogen-bond acceptors (Lipinski definition) is 7. The van der Waals surface area contributed by atoms with Crippen molar-refractivity contribution in [2.75, 3.05) is 34.7 Å². The smallest absolute Gasteiger partial charge is 0.310 e. The summed E-state index contributed by atoms with van der Waals surface area (Å²) in [6, 6.07) is 7.78. The van der Waals surface area contributed by atoms with Crippen LogP contribution < -0.4 is 23.7 Å². The molecular weight excluding hydrogens is 456 g/mol. The maximum atomic E-state index is 12.8. The molecule has 0 amide bonds. The second-order valence-electron chi connectivity index (χ2n) is 7.49. The molecule has 2 aliphatic heterocycles. The minimum absolute atomic E-state index is 0.00513. The Labute approximate surface area is 182 Å². The highest BCUT2D eigenvalue weighted by Crippen LogP contribution is 2.57. The van der Waals surface area contributed by atoms with Crippen LogP contribution in [0.15, 0.2) is 24.3 Å². The fraction of sp³-hybridized carbons (Fsp3) is 0.409. The van der Waals surface area contributed by atoms with Crippen molar-refractivity contribution in [1.29, 1.82) is 0 Å². The third kappa shape index (κ3) is 2.73. The average Bonchev–Trinajstić information content (AvgIpc) is 3.38. The molecule has 5 rings (SSSR count). The number of methoxy groups -OCH3 is 3. The SMILES string of the molecule is COc1cc(C2c3cc4c(cc3[C@@H](Br)[C@H]3COC(=O)[C@H]23)OCO4)cc(OC)c1OC. The number of benzene rings is 2. The van der Waals surface area contributed by atoms with Crippen LogP contribution in [0.25, 0.3) is 0 Å². The number of alkyl halides is 1. The average molecular weight is 477 g/mol. The number of fused-ring (bicyclic) bond motifs is 3. The van der Waals surface area contributed by atoms with Gasteiger partial charge < -0.3 is 28.4 Å². The number of esters is 1. The Bertz CT molecular complexity index is 996. The van der Waals surface area contributed by atoms with Gasteiger partial charge in [0.1, 0.15) is 0 Å². The fourth-order valence-electron chi connectivity index (χ4n) is 4.78. The molecule has 2 aromatic carbocycles. The molecule has 2 aromatic rings. The normalized spacial score (nSPS) is 25.9. The van der Waals surface area contributed by atoms with Crippen molar-refractivity contribution in [1.82, 2.24) is 0 Å². The summed E-state index contributed by atoms with van der Waals surface area (Å²) < 4.78 is 33.3. The van der Waals surface area contributed by atoms with Crippen molar-refractivity contribution in [2.24, 2.45) is 11.8 Å². The summed E-state index contributed by atoms with van der Waals surface area (Å²) in [5.41, 5.74) is 2.95. The minimum atomic E-state index is -0.343. The van der Waals surface area contributed by atoms with E-state index in [0.717, 1.165) is 16.7 Å². The molecule has 0 saturated carbocycles. The van der Waals surface area contributed by atoms with Gasteiger partial charge in [-0.05, 0) is 41.0 Å². The molecule has 3 aliphatic rings. The monoisotopic (exact) mass is 476 g/mol. The first-order chi connectivity index (χ1) is 14.6. The molecule has 7 nitrogen and oxygen atoms in total. The summed E-state index contributed by atoms with van der Waals surface area (Å²) in [5.74, 6) is 2.18. The molecule has 8 heteroatoms. The van der Waals surface area contributed by atoms with Crippen LogP contribution >= 0.6 is 15.9 Å². The number of cyclic esters (lactones) is 1. The van der Waals surface area contributed by atoms with Gasteiger partial charge in [0.15, 0.2) is 23.0 Å².